The zero-order valence-electron chi connectivity index (χ0n) is 11.1. The zero-order chi connectivity index (χ0) is 14.2. The third kappa shape index (κ3) is 2.22. The van der Waals surface area contributed by atoms with Crippen molar-refractivity contribution in [2.75, 3.05) is 0 Å². The topological polar surface area (TPSA) is 78.7 Å². The van der Waals surface area contributed by atoms with E-state index in [-0.39, 0.29) is 18.0 Å². The molecule has 0 fully saturated rings. The minimum Gasteiger partial charge on any atom is -0.298 e. The number of fused-ring (bicyclic) bond motifs is 1. The number of hydrogen-bond acceptors (Lipinski definition) is 4. The lowest BCUT2D eigenvalue weighted by Gasteiger charge is -2.06. The fourth-order valence-corrected chi connectivity index (χ4v) is 3.32. The van der Waals surface area contributed by atoms with Crippen LogP contribution in [0.5, 0.6) is 0 Å². The average Bonchev–Trinajstić information content (AvgIpc) is 2.69. The summed E-state index contributed by atoms with van der Waals surface area (Å²) in [6, 6.07) is 2.04. The molecule has 0 aliphatic rings. The molecule has 100 valence electrons. The van der Waals surface area contributed by atoms with Crippen molar-refractivity contribution in [3.8, 4) is 6.07 Å². The van der Waals surface area contributed by atoms with Gasteiger partial charge in [0.2, 0.25) is 0 Å². The van der Waals surface area contributed by atoms with E-state index < -0.39 is 5.69 Å². The highest BCUT2D eigenvalue weighted by Gasteiger charge is 2.16. The van der Waals surface area contributed by atoms with Crippen LogP contribution in [-0.4, -0.2) is 9.55 Å². The lowest BCUT2D eigenvalue weighted by atomic mass is 10.1. The summed E-state index contributed by atoms with van der Waals surface area (Å²) in [7, 11) is 0. The van der Waals surface area contributed by atoms with E-state index in [1.54, 1.807) is 6.92 Å². The number of aromatic nitrogens is 2. The molecule has 19 heavy (non-hydrogen) atoms. The van der Waals surface area contributed by atoms with E-state index in [0.29, 0.717) is 10.2 Å². The maximum Gasteiger partial charge on any atom is 0.329 e. The van der Waals surface area contributed by atoms with E-state index in [4.69, 9.17) is 5.26 Å². The van der Waals surface area contributed by atoms with Gasteiger partial charge in [-0.2, -0.15) is 5.26 Å². The number of thiophene rings is 1. The van der Waals surface area contributed by atoms with E-state index in [1.807, 2.05) is 19.9 Å². The molecular weight excluding hydrogens is 262 g/mol. The molecule has 2 rings (SSSR count). The first-order valence-electron chi connectivity index (χ1n) is 6.14. The monoisotopic (exact) mass is 277 g/mol. The van der Waals surface area contributed by atoms with Crippen LogP contribution >= 0.6 is 11.3 Å². The summed E-state index contributed by atoms with van der Waals surface area (Å²) in [4.78, 5) is 28.8. The zero-order valence-corrected chi connectivity index (χ0v) is 11.9. The van der Waals surface area contributed by atoms with Gasteiger partial charge in [-0.25, -0.2) is 4.79 Å². The van der Waals surface area contributed by atoms with E-state index >= 15 is 0 Å². The van der Waals surface area contributed by atoms with Gasteiger partial charge in [0.1, 0.15) is 4.83 Å². The normalized spacial score (nSPS) is 12.5. The molecule has 2 aromatic rings. The number of nitrogens with zero attached hydrogens (tertiary/aromatic N) is 2. The van der Waals surface area contributed by atoms with Crippen LogP contribution in [0.3, 0.4) is 0 Å². The molecule has 5 nitrogen and oxygen atoms in total. The molecule has 0 amide bonds. The molecular formula is C13H15N3O2S. The van der Waals surface area contributed by atoms with Crippen molar-refractivity contribution < 1.29 is 0 Å². The highest BCUT2D eigenvalue weighted by Crippen LogP contribution is 2.26. The first kappa shape index (κ1) is 13.6. The van der Waals surface area contributed by atoms with Gasteiger partial charge >= 0.3 is 5.69 Å². The molecule has 0 bridgehead atoms. The van der Waals surface area contributed by atoms with E-state index in [9.17, 15) is 9.59 Å². The summed E-state index contributed by atoms with van der Waals surface area (Å²) in [6.07, 6.45) is 0.751. The molecule has 0 spiro atoms. The average molecular weight is 277 g/mol. The van der Waals surface area contributed by atoms with Crippen molar-refractivity contribution in [2.45, 2.75) is 33.7 Å². The molecule has 0 aliphatic heterocycles. The minimum absolute atomic E-state index is 0.124. The van der Waals surface area contributed by atoms with Crippen LogP contribution in [0.4, 0.5) is 0 Å². The summed E-state index contributed by atoms with van der Waals surface area (Å²) in [6.45, 7) is 5.75. The Morgan fingerprint density at radius 3 is 2.74 bits per heavy atom. The second kappa shape index (κ2) is 5.02. The third-order valence-corrected chi connectivity index (χ3v) is 4.23. The summed E-state index contributed by atoms with van der Waals surface area (Å²) in [5, 5.41) is 9.41. The van der Waals surface area contributed by atoms with Gasteiger partial charge in [-0.1, -0.05) is 6.92 Å². The molecule has 2 aromatic heterocycles. The van der Waals surface area contributed by atoms with Crippen LogP contribution in [0.2, 0.25) is 0 Å². The Morgan fingerprint density at radius 2 is 2.16 bits per heavy atom. The molecule has 0 radical (unpaired) electrons. The number of nitriles is 1. The number of nitrogens with one attached hydrogen (secondary N) is 1. The SMILES string of the molecule is CCc1c(C)sc2[nH]c(=O)n(CC(C)C#N)c(=O)c12. The molecule has 0 aromatic carbocycles. The Hall–Kier alpha value is -1.87. The fraction of sp³-hybridized carbons (Fsp3) is 0.462. The van der Waals surface area contributed by atoms with Crippen molar-refractivity contribution in [1.29, 1.82) is 5.26 Å². The Bertz CT molecular complexity index is 776. The number of rotatable bonds is 3. The lowest BCUT2D eigenvalue weighted by molar-refractivity contribution is 0.544. The molecule has 2 heterocycles. The third-order valence-electron chi connectivity index (χ3n) is 3.16. The number of aryl methyl sites for hydroxylation is 2. The molecule has 1 N–H and O–H groups in total. The molecule has 0 aliphatic carbocycles. The molecule has 1 unspecified atom stereocenters. The standard InChI is InChI=1S/C13H15N3O2S/c1-4-9-8(3)19-11-10(9)12(17)16(13(18)15-11)6-7(2)5-14/h7H,4,6H2,1-3H3,(H,15,18). The van der Waals surface area contributed by atoms with Gasteiger partial charge in [-0.3, -0.25) is 14.3 Å². The van der Waals surface area contributed by atoms with Gasteiger partial charge < -0.3 is 0 Å². The van der Waals surface area contributed by atoms with Crippen molar-refractivity contribution in [1.82, 2.24) is 9.55 Å². The van der Waals surface area contributed by atoms with Crippen LogP contribution in [0.25, 0.3) is 10.2 Å². The Morgan fingerprint density at radius 1 is 1.47 bits per heavy atom. The second-order valence-electron chi connectivity index (χ2n) is 4.57. The fourth-order valence-electron chi connectivity index (χ4n) is 2.19. The van der Waals surface area contributed by atoms with Gasteiger partial charge in [0, 0.05) is 11.4 Å². The highest BCUT2D eigenvalue weighted by atomic mass is 32.1. The Labute approximate surface area is 114 Å². The van der Waals surface area contributed by atoms with E-state index in [1.165, 1.54) is 11.3 Å². The molecule has 0 saturated heterocycles. The molecule has 0 saturated carbocycles. The van der Waals surface area contributed by atoms with Crippen LogP contribution in [-0.2, 0) is 13.0 Å². The quantitative estimate of drug-likeness (QED) is 0.928. The van der Waals surface area contributed by atoms with Gasteiger partial charge in [0.25, 0.3) is 5.56 Å². The van der Waals surface area contributed by atoms with Gasteiger partial charge in [-0.05, 0) is 25.8 Å². The summed E-state index contributed by atoms with van der Waals surface area (Å²) in [5.74, 6) is -0.374. The van der Waals surface area contributed by atoms with E-state index in [0.717, 1.165) is 21.4 Å². The van der Waals surface area contributed by atoms with Crippen molar-refractivity contribution >= 4 is 21.6 Å². The smallest absolute Gasteiger partial charge is 0.298 e. The predicted octanol–water partition coefficient (Wildman–Crippen LogP) is 1.78. The van der Waals surface area contributed by atoms with Crippen LogP contribution in [0.1, 0.15) is 24.3 Å². The maximum atomic E-state index is 12.4. The number of aromatic amines is 1. The van der Waals surface area contributed by atoms with Gasteiger partial charge in [-0.15, -0.1) is 11.3 Å². The summed E-state index contributed by atoms with van der Waals surface area (Å²) >= 11 is 1.43. The lowest BCUT2D eigenvalue weighted by Crippen LogP contribution is -2.36. The van der Waals surface area contributed by atoms with Crippen molar-refractivity contribution in [2.24, 2.45) is 5.92 Å². The summed E-state index contributed by atoms with van der Waals surface area (Å²) < 4.78 is 1.13. The van der Waals surface area contributed by atoms with Gasteiger partial charge in [0.05, 0.1) is 17.4 Å². The number of hydrogen-bond donors (Lipinski definition) is 1. The number of H-pyrrole nitrogens is 1. The first-order chi connectivity index (χ1) is 8.99. The van der Waals surface area contributed by atoms with Crippen LogP contribution < -0.4 is 11.2 Å². The van der Waals surface area contributed by atoms with Gasteiger partial charge in [0.15, 0.2) is 0 Å². The maximum absolute atomic E-state index is 12.4. The Kier molecular flexibility index (Phi) is 3.58. The first-order valence-corrected chi connectivity index (χ1v) is 6.95. The summed E-state index contributed by atoms with van der Waals surface area (Å²) in [5.41, 5.74) is 0.255. The van der Waals surface area contributed by atoms with Crippen LogP contribution in [0.15, 0.2) is 9.59 Å². The van der Waals surface area contributed by atoms with Crippen molar-refractivity contribution in [3.05, 3.63) is 31.3 Å². The Balaban J connectivity index is 2.77. The highest BCUT2D eigenvalue weighted by molar-refractivity contribution is 7.18. The predicted molar refractivity (Wildman–Crippen MR) is 75.6 cm³/mol. The second-order valence-corrected chi connectivity index (χ2v) is 5.80. The largest absolute Gasteiger partial charge is 0.329 e. The van der Waals surface area contributed by atoms with Crippen LogP contribution in [0, 0.1) is 24.2 Å². The van der Waals surface area contributed by atoms with Crippen molar-refractivity contribution in [3.63, 3.8) is 0 Å². The molecule has 6 heteroatoms. The minimum atomic E-state index is -0.441. The molecule has 1 atom stereocenters. The van der Waals surface area contributed by atoms with E-state index in [2.05, 4.69) is 4.98 Å².